The van der Waals surface area contributed by atoms with Gasteiger partial charge in [0.15, 0.2) is 5.65 Å². The second-order valence-electron chi connectivity index (χ2n) is 4.74. The highest BCUT2D eigenvalue weighted by Gasteiger charge is 2.26. The number of pyridine rings is 1. The van der Waals surface area contributed by atoms with Gasteiger partial charge in [0.1, 0.15) is 12.1 Å². The minimum Gasteiger partial charge on any atom is -0.303 e. The van der Waals surface area contributed by atoms with Crippen LogP contribution in [0, 0.1) is 0 Å². The molecule has 0 spiro atoms. The summed E-state index contributed by atoms with van der Waals surface area (Å²) in [6, 6.07) is 3.58. The van der Waals surface area contributed by atoms with Gasteiger partial charge in [-0.25, -0.2) is 0 Å². The van der Waals surface area contributed by atoms with Crippen molar-refractivity contribution in [1.29, 1.82) is 0 Å². The van der Waals surface area contributed by atoms with Crippen molar-refractivity contribution in [2.75, 3.05) is 19.6 Å². The minimum absolute atomic E-state index is 0.446. The summed E-state index contributed by atoms with van der Waals surface area (Å²) in [5, 5.41) is 8.45. The topological polar surface area (TPSA) is 50.5 Å². The molecule has 1 unspecified atom stereocenters. The molecule has 3 heterocycles. The zero-order chi connectivity index (χ0) is 12.5. The molecule has 1 aliphatic heterocycles. The lowest BCUT2D eigenvalue weighted by molar-refractivity contribution is 0.112. The lowest BCUT2D eigenvalue weighted by Gasteiger charge is -2.11. The standard InChI is InChI=1S/C13H16N4O/c1-2-16-5-4-11(8-16)13-15-14-12-7-10(9-18)3-6-17(12)13/h3,6-7,9,11H,2,4-5,8H2,1H3. The number of aldehydes is 1. The van der Waals surface area contributed by atoms with Crippen molar-refractivity contribution in [2.45, 2.75) is 19.3 Å². The van der Waals surface area contributed by atoms with E-state index in [4.69, 9.17) is 0 Å². The van der Waals surface area contributed by atoms with Gasteiger partial charge in [-0.05, 0) is 31.6 Å². The second-order valence-corrected chi connectivity index (χ2v) is 4.74. The molecular weight excluding hydrogens is 228 g/mol. The van der Waals surface area contributed by atoms with Gasteiger partial charge in [-0.15, -0.1) is 10.2 Å². The highest BCUT2D eigenvalue weighted by molar-refractivity contribution is 5.76. The predicted octanol–water partition coefficient (Wildman–Crippen LogP) is 1.35. The molecule has 0 bridgehead atoms. The fourth-order valence-electron chi connectivity index (χ4n) is 2.61. The number of likely N-dealkylation sites (N-methyl/N-ethyl adjacent to an activating group) is 1. The molecule has 0 amide bonds. The summed E-state index contributed by atoms with van der Waals surface area (Å²) in [5.74, 6) is 1.46. The van der Waals surface area contributed by atoms with Crippen LogP contribution >= 0.6 is 0 Å². The molecule has 1 aliphatic rings. The van der Waals surface area contributed by atoms with Gasteiger partial charge in [0.2, 0.25) is 0 Å². The Kier molecular flexibility index (Phi) is 2.83. The molecule has 0 N–H and O–H groups in total. The van der Waals surface area contributed by atoms with E-state index in [0.29, 0.717) is 11.5 Å². The van der Waals surface area contributed by atoms with Gasteiger partial charge in [0.05, 0.1) is 0 Å². The van der Waals surface area contributed by atoms with Crippen molar-refractivity contribution in [3.8, 4) is 0 Å². The average Bonchev–Trinajstić information content (AvgIpc) is 3.03. The quantitative estimate of drug-likeness (QED) is 0.765. The third-order valence-corrected chi connectivity index (χ3v) is 3.68. The van der Waals surface area contributed by atoms with Gasteiger partial charge in [-0.1, -0.05) is 6.92 Å². The van der Waals surface area contributed by atoms with Crippen molar-refractivity contribution in [2.24, 2.45) is 0 Å². The van der Waals surface area contributed by atoms with Gasteiger partial charge in [-0.2, -0.15) is 0 Å². The first-order chi connectivity index (χ1) is 8.81. The maximum Gasteiger partial charge on any atom is 0.161 e. The summed E-state index contributed by atoms with van der Waals surface area (Å²) in [6.07, 6.45) is 3.86. The van der Waals surface area contributed by atoms with E-state index < -0.39 is 0 Å². The van der Waals surface area contributed by atoms with E-state index in [1.54, 1.807) is 12.1 Å². The van der Waals surface area contributed by atoms with E-state index in [1.807, 2.05) is 10.6 Å². The fourth-order valence-corrected chi connectivity index (χ4v) is 2.61. The van der Waals surface area contributed by atoms with Gasteiger partial charge in [0, 0.05) is 24.2 Å². The molecule has 0 saturated carbocycles. The van der Waals surface area contributed by atoms with Crippen molar-refractivity contribution >= 4 is 11.9 Å². The summed E-state index contributed by atoms with van der Waals surface area (Å²) >= 11 is 0. The Balaban J connectivity index is 1.96. The zero-order valence-electron chi connectivity index (χ0n) is 10.4. The molecule has 1 fully saturated rings. The Hall–Kier alpha value is -1.75. The van der Waals surface area contributed by atoms with E-state index >= 15 is 0 Å². The number of carbonyl (C=O) groups excluding carboxylic acids is 1. The number of aromatic nitrogens is 3. The monoisotopic (exact) mass is 244 g/mol. The number of fused-ring (bicyclic) bond motifs is 1. The van der Waals surface area contributed by atoms with Crippen LogP contribution in [0.15, 0.2) is 18.3 Å². The normalized spacial score (nSPS) is 20.6. The van der Waals surface area contributed by atoms with Crippen LogP contribution in [-0.2, 0) is 0 Å². The molecule has 2 aromatic rings. The molecule has 0 aromatic carbocycles. The van der Waals surface area contributed by atoms with Crippen LogP contribution in [0.4, 0.5) is 0 Å². The first-order valence-corrected chi connectivity index (χ1v) is 6.34. The number of hydrogen-bond donors (Lipinski definition) is 0. The van der Waals surface area contributed by atoms with Crippen LogP contribution < -0.4 is 0 Å². The van der Waals surface area contributed by atoms with Crippen LogP contribution in [0.5, 0.6) is 0 Å². The largest absolute Gasteiger partial charge is 0.303 e. The van der Waals surface area contributed by atoms with E-state index in [-0.39, 0.29) is 0 Å². The maximum absolute atomic E-state index is 10.7. The summed E-state index contributed by atoms with van der Waals surface area (Å²) in [5.41, 5.74) is 1.40. The molecule has 1 atom stereocenters. The molecule has 5 heteroatoms. The SMILES string of the molecule is CCN1CCC(c2nnc3cc(C=O)ccn23)C1. The molecule has 2 aromatic heterocycles. The van der Waals surface area contributed by atoms with Crippen LogP contribution in [-0.4, -0.2) is 45.4 Å². The summed E-state index contributed by atoms with van der Waals surface area (Å²) in [6.45, 7) is 5.44. The maximum atomic E-state index is 10.7. The third-order valence-electron chi connectivity index (χ3n) is 3.68. The number of hydrogen-bond acceptors (Lipinski definition) is 4. The number of likely N-dealkylation sites (tertiary alicyclic amines) is 1. The van der Waals surface area contributed by atoms with Crippen LogP contribution in [0.3, 0.4) is 0 Å². The molecule has 0 radical (unpaired) electrons. The van der Waals surface area contributed by atoms with Gasteiger partial charge < -0.3 is 4.90 Å². The molecule has 18 heavy (non-hydrogen) atoms. The molecule has 5 nitrogen and oxygen atoms in total. The number of nitrogens with zero attached hydrogens (tertiary/aromatic N) is 4. The van der Waals surface area contributed by atoms with Gasteiger partial charge >= 0.3 is 0 Å². The zero-order valence-corrected chi connectivity index (χ0v) is 10.4. The Morgan fingerprint density at radius 3 is 3.11 bits per heavy atom. The Morgan fingerprint density at radius 1 is 1.50 bits per heavy atom. The van der Waals surface area contributed by atoms with Gasteiger partial charge in [-0.3, -0.25) is 9.20 Å². The minimum atomic E-state index is 0.446. The van der Waals surface area contributed by atoms with E-state index in [1.165, 1.54) is 0 Å². The van der Waals surface area contributed by atoms with Crippen LogP contribution in [0.1, 0.15) is 35.4 Å². The Morgan fingerprint density at radius 2 is 2.39 bits per heavy atom. The first-order valence-electron chi connectivity index (χ1n) is 6.34. The van der Waals surface area contributed by atoms with E-state index in [0.717, 1.165) is 43.8 Å². The van der Waals surface area contributed by atoms with Crippen molar-refractivity contribution in [3.63, 3.8) is 0 Å². The second kappa shape index (κ2) is 4.49. The lowest BCUT2D eigenvalue weighted by atomic mass is 10.1. The molecular formula is C13H16N4O. The molecule has 3 rings (SSSR count). The third kappa shape index (κ3) is 1.80. The number of rotatable bonds is 3. The summed E-state index contributed by atoms with van der Waals surface area (Å²) in [4.78, 5) is 13.2. The summed E-state index contributed by atoms with van der Waals surface area (Å²) in [7, 11) is 0. The Labute approximate surface area is 105 Å². The Bertz CT molecular complexity index is 577. The molecule has 1 saturated heterocycles. The van der Waals surface area contributed by atoms with E-state index in [2.05, 4.69) is 22.0 Å². The van der Waals surface area contributed by atoms with Crippen molar-refractivity contribution < 1.29 is 4.79 Å². The highest BCUT2D eigenvalue weighted by atomic mass is 16.1. The van der Waals surface area contributed by atoms with E-state index in [9.17, 15) is 4.79 Å². The number of carbonyl (C=O) groups is 1. The first kappa shape index (κ1) is 11.3. The summed E-state index contributed by atoms with van der Waals surface area (Å²) < 4.78 is 2.00. The van der Waals surface area contributed by atoms with Crippen molar-refractivity contribution in [3.05, 3.63) is 29.7 Å². The smallest absolute Gasteiger partial charge is 0.161 e. The average molecular weight is 244 g/mol. The predicted molar refractivity (Wildman–Crippen MR) is 67.8 cm³/mol. The molecule has 94 valence electrons. The van der Waals surface area contributed by atoms with Crippen LogP contribution in [0.2, 0.25) is 0 Å². The van der Waals surface area contributed by atoms with Crippen molar-refractivity contribution in [1.82, 2.24) is 19.5 Å². The fraction of sp³-hybridized carbons (Fsp3) is 0.462. The van der Waals surface area contributed by atoms with Crippen LogP contribution in [0.25, 0.3) is 5.65 Å². The highest BCUT2D eigenvalue weighted by Crippen LogP contribution is 2.25. The lowest BCUT2D eigenvalue weighted by Crippen LogP contribution is -2.19. The van der Waals surface area contributed by atoms with Gasteiger partial charge in [0.25, 0.3) is 0 Å². The molecule has 0 aliphatic carbocycles.